The lowest BCUT2D eigenvalue weighted by Gasteiger charge is -2.25. The Hall–Kier alpha value is -2.21. The summed E-state index contributed by atoms with van der Waals surface area (Å²) in [6.07, 6.45) is 0. The van der Waals surface area contributed by atoms with Crippen molar-refractivity contribution in [2.75, 3.05) is 5.32 Å². The van der Waals surface area contributed by atoms with Gasteiger partial charge in [0.05, 0.1) is 5.69 Å². The molecule has 0 aliphatic heterocycles. The summed E-state index contributed by atoms with van der Waals surface area (Å²) in [5, 5.41) is 2.68. The van der Waals surface area contributed by atoms with Crippen molar-refractivity contribution in [3.63, 3.8) is 0 Å². The molecule has 0 bridgehead atoms. The summed E-state index contributed by atoms with van der Waals surface area (Å²) < 4.78 is 45.2. The first-order valence-electron chi connectivity index (χ1n) is 6.60. The smallest absolute Gasteiger partial charge is 0.268 e. The zero-order chi connectivity index (χ0) is 17.2. The van der Waals surface area contributed by atoms with Crippen molar-refractivity contribution in [1.82, 2.24) is 0 Å². The second-order valence-corrected chi connectivity index (χ2v) is 5.68. The summed E-state index contributed by atoms with van der Waals surface area (Å²) in [4.78, 5) is 12.2. The lowest BCUT2D eigenvalue weighted by atomic mass is 10.1. The Morgan fingerprint density at radius 2 is 1.65 bits per heavy atom. The number of hydrogen-bond acceptors (Lipinski definition) is 2. The SMILES string of the molecule is CC(C)(Oc1ccc(Cl)cc1)C(=O)Nc1ccc(F)c(F)c1F. The van der Waals surface area contributed by atoms with Crippen LogP contribution in [0.2, 0.25) is 5.02 Å². The highest BCUT2D eigenvalue weighted by Crippen LogP contribution is 2.24. The highest BCUT2D eigenvalue weighted by Gasteiger charge is 2.31. The Balaban J connectivity index is 2.15. The summed E-state index contributed by atoms with van der Waals surface area (Å²) in [5.41, 5.74) is -1.85. The van der Waals surface area contributed by atoms with E-state index >= 15 is 0 Å². The minimum atomic E-state index is -1.65. The molecule has 0 fully saturated rings. The summed E-state index contributed by atoms with van der Waals surface area (Å²) in [6, 6.07) is 7.95. The van der Waals surface area contributed by atoms with Crippen molar-refractivity contribution in [1.29, 1.82) is 0 Å². The summed E-state index contributed by atoms with van der Waals surface area (Å²) in [7, 11) is 0. The lowest BCUT2D eigenvalue weighted by Crippen LogP contribution is -2.42. The van der Waals surface area contributed by atoms with E-state index in [0.29, 0.717) is 10.8 Å². The first kappa shape index (κ1) is 17.1. The number of rotatable bonds is 4. The minimum absolute atomic E-state index is 0.375. The zero-order valence-corrected chi connectivity index (χ0v) is 13.0. The fourth-order valence-electron chi connectivity index (χ4n) is 1.74. The van der Waals surface area contributed by atoms with Crippen LogP contribution in [0, 0.1) is 17.5 Å². The number of carbonyl (C=O) groups excluding carboxylic acids is 1. The van der Waals surface area contributed by atoms with Gasteiger partial charge in [0.1, 0.15) is 5.75 Å². The van der Waals surface area contributed by atoms with Crippen molar-refractivity contribution < 1.29 is 22.7 Å². The molecule has 1 amide bonds. The van der Waals surface area contributed by atoms with Crippen LogP contribution < -0.4 is 10.1 Å². The molecule has 1 N–H and O–H groups in total. The number of hydrogen-bond donors (Lipinski definition) is 1. The third kappa shape index (κ3) is 3.96. The molecule has 3 nitrogen and oxygen atoms in total. The second kappa shape index (κ2) is 6.50. The normalized spacial score (nSPS) is 11.2. The van der Waals surface area contributed by atoms with E-state index in [1.54, 1.807) is 24.3 Å². The molecular formula is C16H13ClF3NO2. The molecule has 2 rings (SSSR count). The van der Waals surface area contributed by atoms with Crippen LogP contribution in [0.15, 0.2) is 36.4 Å². The van der Waals surface area contributed by atoms with Crippen molar-refractivity contribution in [2.45, 2.75) is 19.4 Å². The van der Waals surface area contributed by atoms with E-state index in [2.05, 4.69) is 5.32 Å². The van der Waals surface area contributed by atoms with Crippen molar-refractivity contribution >= 4 is 23.2 Å². The predicted molar refractivity (Wildman–Crippen MR) is 81.1 cm³/mol. The quantitative estimate of drug-likeness (QED) is 0.827. The van der Waals surface area contributed by atoms with Gasteiger partial charge in [0.15, 0.2) is 23.1 Å². The van der Waals surface area contributed by atoms with Crippen LogP contribution in [0.1, 0.15) is 13.8 Å². The molecule has 0 saturated carbocycles. The average Bonchev–Trinajstić information content (AvgIpc) is 2.50. The highest BCUT2D eigenvalue weighted by atomic mass is 35.5. The van der Waals surface area contributed by atoms with Crippen LogP contribution in [0.4, 0.5) is 18.9 Å². The van der Waals surface area contributed by atoms with Crippen molar-refractivity contribution in [3.05, 3.63) is 58.9 Å². The molecular weight excluding hydrogens is 331 g/mol. The highest BCUT2D eigenvalue weighted by molar-refractivity contribution is 6.30. The monoisotopic (exact) mass is 343 g/mol. The fraction of sp³-hybridized carbons (Fsp3) is 0.188. The van der Waals surface area contributed by atoms with Crippen LogP contribution in [0.5, 0.6) is 5.75 Å². The second-order valence-electron chi connectivity index (χ2n) is 5.24. The number of carbonyl (C=O) groups is 1. The van der Waals surface area contributed by atoms with E-state index in [0.717, 1.165) is 12.1 Å². The van der Waals surface area contributed by atoms with Gasteiger partial charge in [0.2, 0.25) is 0 Å². The van der Waals surface area contributed by atoms with Gasteiger partial charge >= 0.3 is 0 Å². The number of amides is 1. The van der Waals surface area contributed by atoms with Crippen molar-refractivity contribution in [3.8, 4) is 5.75 Å². The molecule has 2 aromatic rings. The molecule has 122 valence electrons. The van der Waals surface area contributed by atoms with Gasteiger partial charge in [-0.1, -0.05) is 11.6 Å². The van der Waals surface area contributed by atoms with Gasteiger partial charge in [0.25, 0.3) is 5.91 Å². The molecule has 0 radical (unpaired) electrons. The number of anilines is 1. The Morgan fingerprint density at radius 1 is 1.04 bits per heavy atom. The summed E-state index contributed by atoms with van der Waals surface area (Å²) in [5.74, 6) is -4.81. The first-order valence-corrected chi connectivity index (χ1v) is 6.98. The summed E-state index contributed by atoms with van der Waals surface area (Å²) >= 11 is 5.76. The van der Waals surface area contributed by atoms with E-state index in [4.69, 9.17) is 16.3 Å². The fourth-order valence-corrected chi connectivity index (χ4v) is 1.86. The molecule has 0 atom stereocenters. The van der Waals surface area contributed by atoms with Crippen LogP contribution in [0.3, 0.4) is 0 Å². The van der Waals surface area contributed by atoms with Crippen LogP contribution >= 0.6 is 11.6 Å². The van der Waals surface area contributed by atoms with E-state index < -0.39 is 34.6 Å². The first-order chi connectivity index (χ1) is 10.7. The Bertz CT molecular complexity index is 733. The van der Waals surface area contributed by atoms with Gasteiger partial charge in [-0.3, -0.25) is 4.79 Å². The molecule has 0 aliphatic carbocycles. The predicted octanol–water partition coefficient (Wildman–Crippen LogP) is 4.55. The van der Waals surface area contributed by atoms with Crippen LogP contribution in [-0.4, -0.2) is 11.5 Å². The topological polar surface area (TPSA) is 38.3 Å². The van der Waals surface area contributed by atoms with E-state index in [1.165, 1.54) is 13.8 Å². The average molecular weight is 344 g/mol. The summed E-state index contributed by atoms with van der Waals surface area (Å²) in [6.45, 7) is 2.91. The van der Waals surface area contributed by atoms with Crippen LogP contribution in [0.25, 0.3) is 0 Å². The molecule has 0 aromatic heterocycles. The maximum Gasteiger partial charge on any atom is 0.268 e. The van der Waals surface area contributed by atoms with Gasteiger partial charge < -0.3 is 10.1 Å². The molecule has 2 aromatic carbocycles. The molecule has 0 aliphatic rings. The van der Waals surface area contributed by atoms with E-state index in [-0.39, 0.29) is 0 Å². The van der Waals surface area contributed by atoms with E-state index in [1.807, 2.05) is 0 Å². The molecule has 0 heterocycles. The van der Waals surface area contributed by atoms with Gasteiger partial charge in [0, 0.05) is 5.02 Å². The Morgan fingerprint density at radius 3 is 2.26 bits per heavy atom. The lowest BCUT2D eigenvalue weighted by molar-refractivity contribution is -0.128. The third-order valence-electron chi connectivity index (χ3n) is 3.02. The minimum Gasteiger partial charge on any atom is -0.478 e. The molecule has 23 heavy (non-hydrogen) atoms. The van der Waals surface area contributed by atoms with Gasteiger partial charge in [-0.05, 0) is 50.2 Å². The molecule has 7 heteroatoms. The third-order valence-corrected chi connectivity index (χ3v) is 3.27. The van der Waals surface area contributed by atoms with Gasteiger partial charge in [-0.15, -0.1) is 0 Å². The standard InChI is InChI=1S/C16H13ClF3NO2/c1-16(2,23-10-5-3-9(17)4-6-10)15(22)21-12-8-7-11(18)13(19)14(12)20/h3-8H,1-2H3,(H,21,22). The maximum absolute atomic E-state index is 13.6. The van der Waals surface area contributed by atoms with Crippen LogP contribution in [-0.2, 0) is 4.79 Å². The number of nitrogens with one attached hydrogen (secondary N) is 1. The number of benzene rings is 2. The Kier molecular flexibility index (Phi) is 4.85. The Labute approximate surface area is 136 Å². The van der Waals surface area contributed by atoms with Gasteiger partial charge in [-0.25, -0.2) is 13.2 Å². The van der Waals surface area contributed by atoms with Crippen molar-refractivity contribution in [2.24, 2.45) is 0 Å². The largest absolute Gasteiger partial charge is 0.478 e. The number of ether oxygens (including phenoxy) is 1. The van der Waals surface area contributed by atoms with E-state index in [9.17, 15) is 18.0 Å². The number of halogens is 4. The molecule has 0 unspecified atom stereocenters. The zero-order valence-electron chi connectivity index (χ0n) is 12.3. The molecule has 0 saturated heterocycles. The maximum atomic E-state index is 13.6. The molecule has 0 spiro atoms. The van der Waals surface area contributed by atoms with Gasteiger partial charge in [-0.2, -0.15) is 0 Å².